The molecule has 0 saturated carbocycles. The molecule has 0 heterocycles. The minimum Gasteiger partial charge on any atom is -0.494 e. The van der Waals surface area contributed by atoms with E-state index in [9.17, 15) is 9.59 Å². The Bertz CT molecular complexity index is 684. The van der Waals surface area contributed by atoms with Gasteiger partial charge in [0, 0.05) is 5.69 Å². The van der Waals surface area contributed by atoms with E-state index in [1.54, 1.807) is 24.3 Å². The largest absolute Gasteiger partial charge is 0.494 e. The van der Waals surface area contributed by atoms with Crippen LogP contribution in [0, 0.1) is 0 Å². The molecule has 25 heavy (non-hydrogen) atoms. The van der Waals surface area contributed by atoms with Gasteiger partial charge < -0.3 is 15.4 Å². The minimum atomic E-state index is -0.692. The maximum Gasteiger partial charge on any atom is 0.313 e. The van der Waals surface area contributed by atoms with Gasteiger partial charge in [0.2, 0.25) is 0 Å². The predicted octanol–water partition coefficient (Wildman–Crippen LogP) is 3.68. The first-order chi connectivity index (χ1) is 12.1. The molecule has 132 valence electrons. The van der Waals surface area contributed by atoms with Gasteiger partial charge in [-0.1, -0.05) is 43.7 Å². The van der Waals surface area contributed by atoms with Crippen molar-refractivity contribution in [3.05, 3.63) is 60.2 Å². The average molecular weight is 340 g/mol. The lowest BCUT2D eigenvalue weighted by Crippen LogP contribution is -2.36. The molecule has 5 nitrogen and oxygen atoms in total. The summed E-state index contributed by atoms with van der Waals surface area (Å²) in [6.45, 7) is 4.61. The molecule has 0 radical (unpaired) electrons. The van der Waals surface area contributed by atoms with Crippen LogP contribution in [0.25, 0.3) is 0 Å². The van der Waals surface area contributed by atoms with Crippen molar-refractivity contribution >= 4 is 17.5 Å². The third kappa shape index (κ3) is 5.95. The lowest BCUT2D eigenvalue weighted by molar-refractivity contribution is -0.136. The fourth-order valence-electron chi connectivity index (χ4n) is 2.24. The van der Waals surface area contributed by atoms with Crippen molar-refractivity contribution < 1.29 is 14.3 Å². The molecule has 1 atom stereocenters. The van der Waals surface area contributed by atoms with Crippen molar-refractivity contribution in [1.82, 2.24) is 5.32 Å². The van der Waals surface area contributed by atoms with Crippen LogP contribution in [0.1, 0.15) is 38.3 Å². The summed E-state index contributed by atoms with van der Waals surface area (Å²) in [5.74, 6) is -0.615. The van der Waals surface area contributed by atoms with E-state index < -0.39 is 11.8 Å². The molecule has 0 aliphatic rings. The zero-order valence-electron chi connectivity index (χ0n) is 14.6. The summed E-state index contributed by atoms with van der Waals surface area (Å²) in [7, 11) is 0. The maximum absolute atomic E-state index is 12.0. The van der Waals surface area contributed by atoms with E-state index in [1.807, 2.05) is 37.3 Å². The lowest BCUT2D eigenvalue weighted by Gasteiger charge is -2.14. The van der Waals surface area contributed by atoms with Crippen LogP contribution in [-0.2, 0) is 9.59 Å². The second kappa shape index (κ2) is 9.47. The van der Waals surface area contributed by atoms with Gasteiger partial charge in [-0.3, -0.25) is 9.59 Å². The molecule has 2 aromatic rings. The molecule has 0 fully saturated rings. The fourth-order valence-corrected chi connectivity index (χ4v) is 2.24. The van der Waals surface area contributed by atoms with E-state index in [0.717, 1.165) is 24.2 Å². The maximum atomic E-state index is 12.0. The predicted molar refractivity (Wildman–Crippen MR) is 98.5 cm³/mol. The molecule has 2 rings (SSSR count). The van der Waals surface area contributed by atoms with Gasteiger partial charge in [-0.2, -0.15) is 0 Å². The van der Waals surface area contributed by atoms with Crippen LogP contribution in [-0.4, -0.2) is 18.4 Å². The third-order valence-corrected chi connectivity index (χ3v) is 3.73. The lowest BCUT2D eigenvalue weighted by atomic mass is 10.1. The normalized spacial score (nSPS) is 11.4. The van der Waals surface area contributed by atoms with Gasteiger partial charge in [0.25, 0.3) is 0 Å². The van der Waals surface area contributed by atoms with Gasteiger partial charge in [-0.15, -0.1) is 0 Å². The Balaban J connectivity index is 1.85. The topological polar surface area (TPSA) is 67.4 Å². The number of hydrogen-bond donors (Lipinski definition) is 2. The van der Waals surface area contributed by atoms with Gasteiger partial charge in [-0.25, -0.2) is 0 Å². The number of ether oxygens (including phenoxy) is 1. The quantitative estimate of drug-likeness (QED) is 0.597. The Kier molecular flexibility index (Phi) is 7.01. The Morgan fingerprint density at radius 1 is 1.00 bits per heavy atom. The molecule has 0 aliphatic carbocycles. The van der Waals surface area contributed by atoms with Crippen molar-refractivity contribution in [1.29, 1.82) is 0 Å². The highest BCUT2D eigenvalue weighted by atomic mass is 16.5. The number of unbranched alkanes of at least 4 members (excludes halogenated alkanes) is 1. The summed E-state index contributed by atoms with van der Waals surface area (Å²) < 4.78 is 5.56. The molecule has 0 bridgehead atoms. The summed E-state index contributed by atoms with van der Waals surface area (Å²) in [5.41, 5.74) is 1.49. The van der Waals surface area contributed by atoms with Crippen molar-refractivity contribution in [2.45, 2.75) is 32.7 Å². The van der Waals surface area contributed by atoms with Crippen LogP contribution in [0.4, 0.5) is 5.69 Å². The number of amides is 2. The number of hydrogen-bond acceptors (Lipinski definition) is 3. The second-order valence-corrected chi connectivity index (χ2v) is 5.79. The number of rotatable bonds is 7. The molecule has 0 saturated heterocycles. The monoisotopic (exact) mass is 340 g/mol. The molecule has 0 aromatic heterocycles. The smallest absolute Gasteiger partial charge is 0.313 e. The number of carbonyl (C=O) groups excluding carboxylic acids is 2. The third-order valence-electron chi connectivity index (χ3n) is 3.73. The summed E-state index contributed by atoms with van der Waals surface area (Å²) in [5, 5.41) is 5.27. The Morgan fingerprint density at radius 2 is 1.68 bits per heavy atom. The first-order valence-corrected chi connectivity index (χ1v) is 8.49. The van der Waals surface area contributed by atoms with Crippen LogP contribution >= 0.6 is 0 Å². The number of anilines is 1. The molecule has 0 aliphatic heterocycles. The molecule has 0 spiro atoms. The zero-order chi connectivity index (χ0) is 18.1. The SMILES string of the molecule is CCCCOc1ccc(NC(=O)C(=O)N[C@@H](C)c2ccccc2)cc1. The van der Waals surface area contributed by atoms with E-state index in [-0.39, 0.29) is 6.04 Å². The van der Waals surface area contributed by atoms with E-state index in [2.05, 4.69) is 17.6 Å². The average Bonchev–Trinajstić information content (AvgIpc) is 2.64. The van der Waals surface area contributed by atoms with Gasteiger partial charge in [-0.05, 0) is 43.2 Å². The summed E-state index contributed by atoms with van der Waals surface area (Å²) in [6.07, 6.45) is 2.07. The molecule has 5 heteroatoms. The Labute approximate surface area is 148 Å². The van der Waals surface area contributed by atoms with Gasteiger partial charge in [0.1, 0.15) is 5.75 Å². The van der Waals surface area contributed by atoms with Crippen LogP contribution in [0.3, 0.4) is 0 Å². The van der Waals surface area contributed by atoms with Crippen LogP contribution in [0.15, 0.2) is 54.6 Å². The van der Waals surface area contributed by atoms with Crippen LogP contribution in [0.5, 0.6) is 5.75 Å². The van der Waals surface area contributed by atoms with Crippen LogP contribution in [0.2, 0.25) is 0 Å². The Morgan fingerprint density at radius 3 is 2.32 bits per heavy atom. The van der Waals surface area contributed by atoms with Crippen molar-refractivity contribution in [2.24, 2.45) is 0 Å². The zero-order valence-corrected chi connectivity index (χ0v) is 14.6. The Hall–Kier alpha value is -2.82. The minimum absolute atomic E-state index is 0.242. The molecule has 2 N–H and O–H groups in total. The van der Waals surface area contributed by atoms with Gasteiger partial charge >= 0.3 is 11.8 Å². The van der Waals surface area contributed by atoms with Crippen LogP contribution < -0.4 is 15.4 Å². The highest BCUT2D eigenvalue weighted by molar-refractivity contribution is 6.39. The first kappa shape index (κ1) is 18.5. The van der Waals surface area contributed by atoms with E-state index in [4.69, 9.17) is 4.74 Å². The standard InChI is InChI=1S/C20H24N2O3/c1-3-4-14-25-18-12-10-17(11-13-18)22-20(24)19(23)21-15(2)16-8-6-5-7-9-16/h5-13,15H,3-4,14H2,1-2H3,(H,21,23)(H,22,24)/t15-/m0/s1. The van der Waals surface area contributed by atoms with Crippen molar-refractivity contribution in [2.75, 3.05) is 11.9 Å². The second-order valence-electron chi connectivity index (χ2n) is 5.79. The summed E-state index contributed by atoms with van der Waals surface area (Å²) in [4.78, 5) is 24.0. The van der Waals surface area contributed by atoms with E-state index in [1.165, 1.54) is 0 Å². The molecule has 2 amide bonds. The van der Waals surface area contributed by atoms with Crippen molar-refractivity contribution in [3.8, 4) is 5.75 Å². The summed E-state index contributed by atoms with van der Waals surface area (Å²) >= 11 is 0. The molecular formula is C20H24N2O3. The highest BCUT2D eigenvalue weighted by Crippen LogP contribution is 2.16. The number of nitrogens with one attached hydrogen (secondary N) is 2. The fraction of sp³-hybridized carbons (Fsp3) is 0.300. The highest BCUT2D eigenvalue weighted by Gasteiger charge is 2.17. The molecule has 2 aromatic carbocycles. The van der Waals surface area contributed by atoms with E-state index in [0.29, 0.717) is 12.3 Å². The number of carbonyl (C=O) groups is 2. The molecular weight excluding hydrogens is 316 g/mol. The molecule has 0 unspecified atom stereocenters. The van der Waals surface area contributed by atoms with Gasteiger partial charge in [0.05, 0.1) is 12.6 Å². The van der Waals surface area contributed by atoms with Gasteiger partial charge in [0.15, 0.2) is 0 Å². The van der Waals surface area contributed by atoms with Crippen molar-refractivity contribution in [3.63, 3.8) is 0 Å². The van der Waals surface area contributed by atoms with E-state index >= 15 is 0 Å². The summed E-state index contributed by atoms with van der Waals surface area (Å²) in [6, 6.07) is 16.2. The number of benzene rings is 2. The first-order valence-electron chi connectivity index (χ1n) is 8.49.